The summed E-state index contributed by atoms with van der Waals surface area (Å²) in [5.74, 6) is 1.56. The molecule has 2 aliphatic carbocycles. The van der Waals surface area contributed by atoms with E-state index in [0.29, 0.717) is 70.0 Å². The smallest absolute Gasteiger partial charge is 0.658 e. The zero-order valence-electron chi connectivity index (χ0n) is 64.2. The molecule has 19 heteroatoms. The number of benzene rings is 5. The molecule has 18 nitrogen and oxygen atoms in total. The molecule has 16 bridgehead atoms. The first-order chi connectivity index (χ1) is 56.2. The summed E-state index contributed by atoms with van der Waals surface area (Å²) >= 11 is 0. The number of aromatic nitrogens is 8. The van der Waals surface area contributed by atoms with Gasteiger partial charge in [-0.2, -0.15) is 0 Å². The Morgan fingerprint density at radius 3 is 1.41 bits per heavy atom. The second kappa shape index (κ2) is 31.7. The van der Waals surface area contributed by atoms with E-state index < -0.39 is 36.1 Å². The second-order valence-corrected chi connectivity index (χ2v) is 31.1. The van der Waals surface area contributed by atoms with Crippen molar-refractivity contribution in [3.63, 3.8) is 0 Å². The quantitative estimate of drug-likeness (QED) is 0.0397. The molecule has 0 amide bonds. The minimum Gasteiger partial charge on any atom is -0.658 e. The van der Waals surface area contributed by atoms with Gasteiger partial charge in [0, 0.05) is 65.2 Å². The summed E-state index contributed by atoms with van der Waals surface area (Å²) in [5, 5.41) is 0. The molecule has 6 aliphatic heterocycles. The van der Waals surface area contributed by atoms with E-state index in [-0.39, 0.29) is 19.5 Å². The normalized spacial score (nSPS) is 20.1. The molecule has 2 saturated heterocycles. The zero-order chi connectivity index (χ0) is 77.8. The number of hydrogen-bond acceptors (Lipinski definition) is 14. The average Bonchev–Trinajstić information content (AvgIpc) is 1.62. The van der Waals surface area contributed by atoms with Crippen LogP contribution in [0.2, 0.25) is 0 Å². The first-order valence-corrected chi connectivity index (χ1v) is 39.4. The summed E-state index contributed by atoms with van der Waals surface area (Å²) < 4.78 is 23.1. The van der Waals surface area contributed by atoms with Gasteiger partial charge < -0.3 is 48.7 Å². The van der Waals surface area contributed by atoms with Gasteiger partial charge in [0.15, 0.2) is 12.2 Å². The number of carbonyl (C=O) groups is 4. The van der Waals surface area contributed by atoms with Crippen molar-refractivity contribution in [1.82, 2.24) is 39.9 Å². The van der Waals surface area contributed by atoms with Crippen molar-refractivity contribution in [2.45, 2.75) is 45.8 Å². The Morgan fingerprint density at radius 2 is 0.862 bits per heavy atom. The third kappa shape index (κ3) is 15.7. The van der Waals surface area contributed by atoms with Gasteiger partial charge in [-0.15, -0.1) is 22.1 Å². The first-order valence-electron chi connectivity index (χ1n) is 39.4. The van der Waals surface area contributed by atoms with Crippen LogP contribution in [0.3, 0.4) is 0 Å². The number of carbonyl (C=O) groups excluding carboxylic acids is 4. The van der Waals surface area contributed by atoms with Crippen molar-refractivity contribution in [3.8, 4) is 33.8 Å². The average molecular weight is 1580 g/mol. The molecule has 11 aromatic rings. The van der Waals surface area contributed by atoms with Crippen LogP contribution < -0.4 is 29.2 Å². The van der Waals surface area contributed by atoms with Crippen molar-refractivity contribution in [3.05, 3.63) is 293 Å². The molecule has 568 valence electrons. The Balaban J connectivity index is 0.00000931. The van der Waals surface area contributed by atoms with Gasteiger partial charge in [0.25, 0.3) is 0 Å². The predicted molar refractivity (Wildman–Crippen MR) is 452 cm³/mol. The van der Waals surface area contributed by atoms with Gasteiger partial charge in [-0.3, -0.25) is 0 Å². The van der Waals surface area contributed by atoms with Crippen molar-refractivity contribution in [2.75, 3.05) is 36.0 Å². The number of aromatic amines is 2. The molecule has 0 spiro atoms. The van der Waals surface area contributed by atoms with Gasteiger partial charge in [-0.1, -0.05) is 128 Å². The van der Waals surface area contributed by atoms with Crippen LogP contribution in [0.25, 0.3) is 121 Å². The van der Waals surface area contributed by atoms with E-state index >= 15 is 0 Å². The SMILES string of the molecule is C[C@H](OC(=O)c1ccc(N2C[C@@H]3[C@H](C2)[C@@H](C=C[C@@H]2C[C@H](/C=C/c4ccccc4)[C@H]4CN(c5ccc(C(=O)O[C@@H](C)C(=O)Oc6ccc(-c7c8nc(cc9ccc(cc%10nc(cc%11ccc7[n-]%11)C=C%10)[n-]9)C=C8)cc6)cc5)C[C@H]42)C[C@H]3C)cc1)C(=O)Oc1ccc(-c2c3nc(cc4ccc(cc5nc(cc6ccc2[nH]6)C=C5)[nH]4)C=C3)cc1.[Zn+2]. The van der Waals surface area contributed by atoms with Crippen molar-refractivity contribution < 1.29 is 57.6 Å². The van der Waals surface area contributed by atoms with Crippen LogP contribution in [-0.2, 0) is 38.5 Å². The Hall–Kier alpha value is -13.1. The third-order valence-corrected chi connectivity index (χ3v) is 23.5. The fourth-order valence-corrected chi connectivity index (χ4v) is 17.7. The maximum absolute atomic E-state index is 13.7. The van der Waals surface area contributed by atoms with Gasteiger partial charge in [-0.25, -0.2) is 39.1 Å². The summed E-state index contributed by atoms with van der Waals surface area (Å²) in [4.78, 5) is 95.7. The summed E-state index contributed by atoms with van der Waals surface area (Å²) in [5.41, 5.74) is 20.3. The Bertz CT molecular complexity index is 6230. The van der Waals surface area contributed by atoms with Crippen LogP contribution in [0.1, 0.15) is 105 Å². The van der Waals surface area contributed by atoms with Crippen molar-refractivity contribution >= 4 is 134 Å². The number of nitrogens with one attached hydrogen (secondary N) is 2. The summed E-state index contributed by atoms with van der Waals surface area (Å²) in [6.07, 6.45) is 25.5. The van der Waals surface area contributed by atoms with Gasteiger partial charge in [-0.05, 0) is 260 Å². The summed E-state index contributed by atoms with van der Waals surface area (Å²) in [7, 11) is 0. The number of esters is 4. The zero-order valence-corrected chi connectivity index (χ0v) is 67.2. The van der Waals surface area contributed by atoms with Crippen molar-refractivity contribution in [2.24, 2.45) is 47.3 Å². The molecule has 5 aromatic carbocycles. The largest absolute Gasteiger partial charge is 2.00 e. The van der Waals surface area contributed by atoms with Gasteiger partial charge in [0.2, 0.25) is 0 Å². The Kier molecular flexibility index (Phi) is 20.3. The van der Waals surface area contributed by atoms with Gasteiger partial charge >= 0.3 is 43.4 Å². The van der Waals surface area contributed by atoms with E-state index in [4.69, 9.17) is 48.9 Å². The molecule has 8 aliphatic rings. The van der Waals surface area contributed by atoms with E-state index in [2.05, 4.69) is 75.3 Å². The number of nitrogens with zero attached hydrogens (tertiary/aromatic N) is 8. The summed E-state index contributed by atoms with van der Waals surface area (Å²) in [6, 6.07) is 67.8. The monoisotopic (exact) mass is 1580 g/mol. The van der Waals surface area contributed by atoms with Crippen LogP contribution in [-0.4, -0.2) is 92.2 Å². The topological polar surface area (TPSA) is 223 Å². The second-order valence-electron chi connectivity index (χ2n) is 31.1. The minimum absolute atomic E-state index is 0. The number of rotatable bonds is 16. The van der Waals surface area contributed by atoms with Gasteiger partial charge in [0.05, 0.1) is 56.7 Å². The van der Waals surface area contributed by atoms with E-state index in [1.54, 1.807) is 48.5 Å². The maximum atomic E-state index is 13.7. The van der Waals surface area contributed by atoms with E-state index in [0.717, 1.165) is 162 Å². The van der Waals surface area contributed by atoms with E-state index in [9.17, 15) is 19.2 Å². The van der Waals surface area contributed by atoms with Crippen LogP contribution >= 0.6 is 0 Å². The van der Waals surface area contributed by atoms with Crippen LogP contribution in [0.5, 0.6) is 11.5 Å². The molecule has 10 atom stereocenters. The van der Waals surface area contributed by atoms with E-state index in [1.165, 1.54) is 19.4 Å². The molecule has 4 fully saturated rings. The molecule has 19 rings (SSSR count). The molecule has 116 heavy (non-hydrogen) atoms. The van der Waals surface area contributed by atoms with Crippen molar-refractivity contribution in [1.29, 1.82) is 0 Å². The number of hydrogen-bond donors (Lipinski definition) is 2. The molecule has 12 heterocycles. The number of fused-ring (bicyclic) bond motifs is 18. The maximum Gasteiger partial charge on any atom is 2.00 e. The molecule has 2 saturated carbocycles. The molecular formula is C97H80N10O8Zn. The fourth-order valence-electron chi connectivity index (χ4n) is 17.7. The standard InChI is InChI=1S/C97H80N10O8.Zn/c1-57-45-65(85-54-106(53-84(57)85)80-33-13-63(14-34-80)96(110)112-58(2)94(108)114-82-37-17-61(18-38-82)92-88-41-29-76(102-88)49-72-25-21-68(98-72)47-69-22-26-73(99-69)50-77-30-42-89(92)103-77)11-12-67-46-66(10-9-60-7-5-4-6-8-60)86-55-107(56-87(67)86)81-35-15-64(16-36-81)97(111)113-59(3)95(109)115-83-39-19-62(20-40-83)93-90-43-31-78(104-90)51-74-27-23-70(100-74)48-71-24-28-75(101-71)52-79-32-44-91(93)105-79;/h4-44,47-52,57-59,65-67,84-87H,45-46,53-56H2,1-3H3,(H2-2,98,99,100,101,102,103,104,105);/q-2;+2/b10-9+,12-11?,68-47?,69-47?,70-48?,71-48?,72-49?,73-50?,74-51?,75-52?,76-49?,77-50?,78-51?,79-52?,92-88?,92-89?,93-90?,93-91?;/t57-,58+,59+,65+,66+,67-,84+,85-,86-,87+;/m1./s1. The molecule has 6 aromatic heterocycles. The Morgan fingerprint density at radius 1 is 0.431 bits per heavy atom. The molecule has 0 radical (unpaired) electrons. The molecular weight excluding hydrogens is 1500 g/mol. The third-order valence-electron chi connectivity index (χ3n) is 23.5. The minimum atomic E-state index is -1.19. The first kappa shape index (κ1) is 74.3. The Labute approximate surface area is 682 Å². The molecule has 0 unspecified atom stereocenters. The van der Waals surface area contributed by atoms with Crippen LogP contribution in [0, 0.1) is 47.3 Å². The number of anilines is 2. The number of ether oxygens (including phenoxy) is 4. The van der Waals surface area contributed by atoms with Crippen LogP contribution in [0.4, 0.5) is 11.4 Å². The van der Waals surface area contributed by atoms with Crippen LogP contribution in [0.15, 0.2) is 231 Å². The number of H-pyrrole nitrogens is 2. The van der Waals surface area contributed by atoms with Gasteiger partial charge in [0.1, 0.15) is 11.5 Å². The van der Waals surface area contributed by atoms with E-state index in [1.807, 2.05) is 188 Å². The summed E-state index contributed by atoms with van der Waals surface area (Å²) in [6.45, 7) is 9.07. The fraction of sp³-hybridized carbons (Fsp3) is 0.196. The molecule has 2 N–H and O–H groups in total. The number of allylic oxidation sites excluding steroid dienone is 3. The predicted octanol–water partition coefficient (Wildman–Crippen LogP) is 18.9.